The van der Waals surface area contributed by atoms with Crippen molar-refractivity contribution in [2.45, 2.75) is 57.9 Å². The van der Waals surface area contributed by atoms with Gasteiger partial charge in [0, 0.05) is 11.7 Å². The molecule has 2 aromatic carbocycles. The highest BCUT2D eigenvalue weighted by Crippen LogP contribution is 2.27. The van der Waals surface area contributed by atoms with Crippen molar-refractivity contribution >= 4 is 21.6 Å². The molecule has 29 heavy (non-hydrogen) atoms. The van der Waals surface area contributed by atoms with Crippen LogP contribution in [0.15, 0.2) is 47.4 Å². The van der Waals surface area contributed by atoms with E-state index in [0.29, 0.717) is 12.2 Å². The van der Waals surface area contributed by atoms with Gasteiger partial charge in [-0.25, -0.2) is 13.1 Å². The van der Waals surface area contributed by atoms with E-state index in [1.807, 2.05) is 39.0 Å². The number of anilines is 1. The van der Waals surface area contributed by atoms with Crippen molar-refractivity contribution in [1.82, 2.24) is 4.72 Å². The molecule has 0 aliphatic carbocycles. The van der Waals surface area contributed by atoms with Crippen molar-refractivity contribution in [2.24, 2.45) is 0 Å². The van der Waals surface area contributed by atoms with E-state index in [2.05, 4.69) is 23.9 Å². The highest BCUT2D eigenvalue weighted by Gasteiger charge is 2.17. The highest BCUT2D eigenvalue weighted by molar-refractivity contribution is 7.89. The SMILES string of the molecule is CC[C@H](C)NS(=O)(=O)c1ccc(OCC(=O)Nc2c(C)cccc2C(C)C)cc1. The summed E-state index contributed by atoms with van der Waals surface area (Å²) in [6, 6.07) is 11.8. The van der Waals surface area contributed by atoms with Crippen LogP contribution in [0.3, 0.4) is 0 Å². The number of carbonyl (C=O) groups excluding carboxylic acids is 1. The van der Waals surface area contributed by atoms with E-state index in [1.54, 1.807) is 12.1 Å². The van der Waals surface area contributed by atoms with Crippen LogP contribution in [0.25, 0.3) is 0 Å². The topological polar surface area (TPSA) is 84.5 Å². The average molecular weight is 419 g/mol. The molecular weight excluding hydrogens is 388 g/mol. The van der Waals surface area contributed by atoms with Crippen molar-refractivity contribution in [2.75, 3.05) is 11.9 Å². The van der Waals surface area contributed by atoms with Gasteiger partial charge in [0.25, 0.3) is 5.91 Å². The summed E-state index contributed by atoms with van der Waals surface area (Å²) in [6.45, 7) is 9.67. The van der Waals surface area contributed by atoms with Crippen LogP contribution in [0.5, 0.6) is 5.75 Å². The number of benzene rings is 2. The number of carbonyl (C=O) groups is 1. The summed E-state index contributed by atoms with van der Waals surface area (Å²) in [4.78, 5) is 12.5. The monoisotopic (exact) mass is 418 g/mol. The third kappa shape index (κ3) is 6.30. The molecule has 7 heteroatoms. The van der Waals surface area contributed by atoms with Gasteiger partial charge in [0.05, 0.1) is 4.90 Å². The maximum absolute atomic E-state index is 12.4. The summed E-state index contributed by atoms with van der Waals surface area (Å²) in [5, 5.41) is 2.92. The number of para-hydroxylation sites is 1. The zero-order valence-electron chi connectivity index (χ0n) is 17.7. The molecule has 0 aliphatic rings. The molecule has 2 N–H and O–H groups in total. The number of aryl methyl sites for hydroxylation is 1. The van der Waals surface area contributed by atoms with E-state index >= 15 is 0 Å². The van der Waals surface area contributed by atoms with Crippen LogP contribution in [0.1, 0.15) is 51.2 Å². The van der Waals surface area contributed by atoms with E-state index in [0.717, 1.165) is 16.8 Å². The largest absolute Gasteiger partial charge is 0.484 e. The van der Waals surface area contributed by atoms with Gasteiger partial charge in [0.15, 0.2) is 6.61 Å². The Labute approximate surface area is 173 Å². The van der Waals surface area contributed by atoms with Gasteiger partial charge in [-0.3, -0.25) is 4.79 Å². The summed E-state index contributed by atoms with van der Waals surface area (Å²) >= 11 is 0. The second-order valence-corrected chi connectivity index (χ2v) is 9.15. The minimum absolute atomic E-state index is 0.142. The summed E-state index contributed by atoms with van der Waals surface area (Å²) in [5.74, 6) is 0.442. The Balaban J connectivity index is 2.00. The standard InChI is InChI=1S/C22H30N2O4S/c1-6-17(5)24-29(26,27)19-12-10-18(11-13-19)28-14-21(25)23-22-16(4)8-7-9-20(22)15(2)3/h7-13,15,17,24H,6,14H2,1-5H3,(H,23,25)/t17-/m0/s1. The lowest BCUT2D eigenvalue weighted by molar-refractivity contribution is -0.118. The fourth-order valence-electron chi connectivity index (χ4n) is 2.80. The molecule has 2 aromatic rings. The van der Waals surface area contributed by atoms with Crippen LogP contribution in [0, 0.1) is 6.92 Å². The van der Waals surface area contributed by atoms with Crippen LogP contribution in [0.4, 0.5) is 5.69 Å². The smallest absolute Gasteiger partial charge is 0.262 e. The van der Waals surface area contributed by atoms with E-state index in [9.17, 15) is 13.2 Å². The summed E-state index contributed by atoms with van der Waals surface area (Å²) in [6.07, 6.45) is 0.703. The zero-order chi connectivity index (χ0) is 21.6. The number of amides is 1. The molecule has 158 valence electrons. The molecule has 0 heterocycles. The van der Waals surface area contributed by atoms with Crippen LogP contribution in [0.2, 0.25) is 0 Å². The van der Waals surface area contributed by atoms with Crippen LogP contribution < -0.4 is 14.8 Å². The van der Waals surface area contributed by atoms with Gasteiger partial charge in [-0.15, -0.1) is 0 Å². The Kier molecular flexibility index (Phi) is 7.81. The zero-order valence-corrected chi connectivity index (χ0v) is 18.5. The molecule has 6 nitrogen and oxygen atoms in total. The molecule has 2 rings (SSSR count). The first-order valence-corrected chi connectivity index (χ1v) is 11.3. The van der Waals surface area contributed by atoms with E-state index in [4.69, 9.17) is 4.74 Å². The first-order valence-electron chi connectivity index (χ1n) is 9.78. The lowest BCUT2D eigenvalue weighted by atomic mass is 9.98. The number of ether oxygens (including phenoxy) is 1. The quantitative estimate of drug-likeness (QED) is 0.639. The number of sulfonamides is 1. The highest BCUT2D eigenvalue weighted by atomic mass is 32.2. The number of rotatable bonds is 9. The second kappa shape index (κ2) is 9.89. The summed E-state index contributed by atoms with van der Waals surface area (Å²) in [5.41, 5.74) is 2.88. The maximum atomic E-state index is 12.4. The molecule has 0 unspecified atom stereocenters. The molecule has 1 amide bonds. The van der Waals surface area contributed by atoms with Crippen LogP contribution in [-0.2, 0) is 14.8 Å². The van der Waals surface area contributed by atoms with E-state index < -0.39 is 10.0 Å². The average Bonchev–Trinajstić information content (AvgIpc) is 2.67. The van der Waals surface area contributed by atoms with Gasteiger partial charge in [-0.05, 0) is 61.6 Å². The first kappa shape index (κ1) is 22.9. The van der Waals surface area contributed by atoms with Crippen LogP contribution in [-0.4, -0.2) is 27.0 Å². The second-order valence-electron chi connectivity index (χ2n) is 7.43. The molecular formula is C22H30N2O4S. The van der Waals surface area contributed by atoms with Gasteiger partial charge >= 0.3 is 0 Å². The van der Waals surface area contributed by atoms with Crippen molar-refractivity contribution in [3.63, 3.8) is 0 Å². The van der Waals surface area contributed by atoms with Crippen molar-refractivity contribution in [1.29, 1.82) is 0 Å². The van der Waals surface area contributed by atoms with Crippen molar-refractivity contribution in [3.8, 4) is 5.75 Å². The molecule has 0 aromatic heterocycles. The lowest BCUT2D eigenvalue weighted by Crippen LogP contribution is -2.31. The number of nitrogens with one attached hydrogen (secondary N) is 2. The number of hydrogen-bond acceptors (Lipinski definition) is 4. The van der Waals surface area contributed by atoms with Gasteiger partial charge in [0.2, 0.25) is 10.0 Å². The predicted octanol–water partition coefficient (Wildman–Crippen LogP) is 4.21. The third-order valence-electron chi connectivity index (χ3n) is 4.66. The molecule has 0 radical (unpaired) electrons. The Morgan fingerprint density at radius 1 is 1.07 bits per heavy atom. The summed E-state index contributed by atoms with van der Waals surface area (Å²) in [7, 11) is -3.56. The van der Waals surface area contributed by atoms with Crippen LogP contribution >= 0.6 is 0 Å². The lowest BCUT2D eigenvalue weighted by Gasteiger charge is -2.16. The Bertz CT molecular complexity index is 938. The molecule has 0 saturated heterocycles. The normalized spacial score (nSPS) is 12.6. The fraction of sp³-hybridized carbons (Fsp3) is 0.409. The van der Waals surface area contributed by atoms with Gasteiger partial charge < -0.3 is 10.1 Å². The predicted molar refractivity (Wildman–Crippen MR) is 116 cm³/mol. The van der Waals surface area contributed by atoms with E-state index in [-0.39, 0.29) is 29.4 Å². The van der Waals surface area contributed by atoms with E-state index in [1.165, 1.54) is 12.1 Å². The van der Waals surface area contributed by atoms with Crippen molar-refractivity contribution in [3.05, 3.63) is 53.6 Å². The molecule has 0 saturated carbocycles. The van der Waals surface area contributed by atoms with Gasteiger partial charge in [-0.1, -0.05) is 39.0 Å². The fourth-order valence-corrected chi connectivity index (χ4v) is 4.12. The number of hydrogen-bond donors (Lipinski definition) is 2. The Hall–Kier alpha value is -2.38. The molecule has 0 aliphatic heterocycles. The van der Waals surface area contributed by atoms with Gasteiger partial charge in [-0.2, -0.15) is 0 Å². The maximum Gasteiger partial charge on any atom is 0.262 e. The first-order chi connectivity index (χ1) is 13.6. The van der Waals surface area contributed by atoms with Gasteiger partial charge in [0.1, 0.15) is 5.75 Å². The molecule has 0 fully saturated rings. The third-order valence-corrected chi connectivity index (χ3v) is 6.27. The Morgan fingerprint density at radius 3 is 2.31 bits per heavy atom. The minimum Gasteiger partial charge on any atom is -0.484 e. The summed E-state index contributed by atoms with van der Waals surface area (Å²) < 4.78 is 32.7. The van der Waals surface area contributed by atoms with Crippen molar-refractivity contribution < 1.29 is 17.9 Å². The molecule has 0 bridgehead atoms. The molecule has 1 atom stereocenters. The molecule has 0 spiro atoms. The minimum atomic E-state index is -3.56. The Morgan fingerprint density at radius 2 is 1.72 bits per heavy atom.